The van der Waals surface area contributed by atoms with Crippen molar-refractivity contribution >= 4 is 44.3 Å². The van der Waals surface area contributed by atoms with Gasteiger partial charge in [0.25, 0.3) is 5.66 Å². The van der Waals surface area contributed by atoms with Gasteiger partial charge in [0.15, 0.2) is 0 Å². The first kappa shape index (κ1) is 28.8. The van der Waals surface area contributed by atoms with Crippen LogP contribution in [0.25, 0.3) is 5.65 Å². The van der Waals surface area contributed by atoms with Gasteiger partial charge in [-0.2, -0.15) is 8.78 Å². The number of imidazole rings is 1. The Balaban J connectivity index is 0.000000193. The van der Waals surface area contributed by atoms with Gasteiger partial charge in [-0.15, -0.1) is 0 Å². The second kappa shape index (κ2) is 12.8. The fraction of sp³-hybridized carbons (Fsp3) is 0.310. The second-order valence-electron chi connectivity index (χ2n) is 9.38. The lowest BCUT2D eigenvalue weighted by molar-refractivity contribution is -0.109. The molecule has 0 bridgehead atoms. The summed E-state index contributed by atoms with van der Waals surface area (Å²) in [4.78, 5) is 19.5. The number of carbonyl (C=O) groups is 1. The van der Waals surface area contributed by atoms with E-state index in [0.29, 0.717) is 12.2 Å². The van der Waals surface area contributed by atoms with E-state index in [4.69, 9.17) is 11.6 Å². The van der Waals surface area contributed by atoms with Crippen LogP contribution < -0.4 is 15.1 Å². The van der Waals surface area contributed by atoms with Crippen LogP contribution in [0.3, 0.4) is 0 Å². The molecular weight excluding hydrogens is 539 g/mol. The number of alkyl halides is 2. The third-order valence-corrected chi connectivity index (χ3v) is 7.42. The quantitative estimate of drug-likeness (QED) is 0.217. The van der Waals surface area contributed by atoms with Crippen molar-refractivity contribution < 1.29 is 13.6 Å². The van der Waals surface area contributed by atoms with Gasteiger partial charge >= 0.3 is 0 Å². The molecule has 1 N–H and O–H groups in total. The standard InChI is InChI=1S/C18H20ClN3O.C11H13F2N2P/c19-16-3-7-18(8-4-16)22-11-9-21(10-12-22)17-5-1-15(2-6-17)13-20-14-23;1-3-9-7(2)15-6-8(11(12,13)16)4-5-10(15)14-9/h1-8,14H,9-13H2,(H,20,23);4-6H,3,16H2,1-2H3. The SMILES string of the molecule is CCc1nc2ccc(C(F)(F)P)cn2c1C.O=CNCc1ccc(N2CCN(c3ccc(Cl)cc3)CC2)cc1. The van der Waals surface area contributed by atoms with Crippen LogP contribution in [-0.4, -0.2) is 42.0 Å². The molecule has 39 heavy (non-hydrogen) atoms. The lowest BCUT2D eigenvalue weighted by atomic mass is 10.1. The molecule has 10 heteroatoms. The molecule has 1 saturated heterocycles. The molecule has 1 aliphatic rings. The minimum atomic E-state index is -2.89. The van der Waals surface area contributed by atoms with E-state index in [1.165, 1.54) is 23.6 Å². The number of amides is 1. The maximum absolute atomic E-state index is 13.1. The van der Waals surface area contributed by atoms with E-state index in [9.17, 15) is 13.6 Å². The van der Waals surface area contributed by atoms with Gasteiger partial charge in [-0.1, -0.05) is 39.9 Å². The summed E-state index contributed by atoms with van der Waals surface area (Å²) >= 11 is 5.95. The summed E-state index contributed by atoms with van der Waals surface area (Å²) in [6.07, 6.45) is 2.98. The molecule has 1 aliphatic heterocycles. The summed E-state index contributed by atoms with van der Waals surface area (Å²) in [5.74, 6) is 0. The first-order valence-electron chi connectivity index (χ1n) is 12.9. The molecule has 0 saturated carbocycles. The summed E-state index contributed by atoms with van der Waals surface area (Å²) in [5, 5.41) is 3.46. The number of nitrogens with zero attached hydrogens (tertiary/aromatic N) is 4. The van der Waals surface area contributed by atoms with Crippen LogP contribution in [-0.2, 0) is 23.4 Å². The molecular formula is C29H33ClF2N5OP. The average molecular weight is 572 g/mol. The van der Waals surface area contributed by atoms with Gasteiger partial charge in [-0.25, -0.2) is 4.98 Å². The van der Waals surface area contributed by atoms with Crippen molar-refractivity contribution in [3.05, 3.63) is 94.4 Å². The summed E-state index contributed by atoms with van der Waals surface area (Å²) < 4.78 is 28.0. The monoisotopic (exact) mass is 571 g/mol. The van der Waals surface area contributed by atoms with E-state index < -0.39 is 5.66 Å². The first-order chi connectivity index (χ1) is 18.7. The van der Waals surface area contributed by atoms with Gasteiger partial charge in [0.2, 0.25) is 6.41 Å². The lowest BCUT2D eigenvalue weighted by Gasteiger charge is -2.37. The molecule has 206 valence electrons. The maximum atomic E-state index is 13.1. The van der Waals surface area contributed by atoms with Crippen molar-refractivity contribution in [3.8, 4) is 0 Å². The van der Waals surface area contributed by atoms with Crippen LogP contribution in [0.1, 0.15) is 29.4 Å². The number of halogens is 3. The second-order valence-corrected chi connectivity index (χ2v) is 10.5. The maximum Gasteiger partial charge on any atom is 0.285 e. The van der Waals surface area contributed by atoms with Gasteiger partial charge < -0.3 is 19.5 Å². The predicted octanol–water partition coefficient (Wildman–Crippen LogP) is 6.04. The minimum Gasteiger partial charge on any atom is -0.368 e. The van der Waals surface area contributed by atoms with Crippen molar-refractivity contribution in [1.82, 2.24) is 14.7 Å². The van der Waals surface area contributed by atoms with E-state index >= 15 is 0 Å². The summed E-state index contributed by atoms with van der Waals surface area (Å²) in [7, 11) is 1.55. The number of carbonyl (C=O) groups excluding carboxylic acids is 1. The van der Waals surface area contributed by atoms with Gasteiger partial charge in [0.05, 0.1) is 5.69 Å². The third kappa shape index (κ3) is 7.25. The van der Waals surface area contributed by atoms with Crippen molar-refractivity contribution in [1.29, 1.82) is 0 Å². The Kier molecular flexibility index (Phi) is 9.41. The van der Waals surface area contributed by atoms with Crippen molar-refractivity contribution in [2.45, 2.75) is 32.5 Å². The van der Waals surface area contributed by atoms with Gasteiger partial charge in [-0.3, -0.25) is 4.79 Å². The fourth-order valence-corrected chi connectivity index (χ4v) is 4.90. The number of anilines is 2. The highest BCUT2D eigenvalue weighted by atomic mass is 35.5. The smallest absolute Gasteiger partial charge is 0.285 e. The highest BCUT2D eigenvalue weighted by molar-refractivity contribution is 7.17. The van der Waals surface area contributed by atoms with Gasteiger partial charge in [0.1, 0.15) is 5.65 Å². The zero-order valence-corrected chi connectivity index (χ0v) is 24.0. The highest BCUT2D eigenvalue weighted by Crippen LogP contribution is 2.35. The number of aryl methyl sites for hydroxylation is 2. The van der Waals surface area contributed by atoms with E-state index in [-0.39, 0.29) is 5.56 Å². The van der Waals surface area contributed by atoms with E-state index in [1.54, 1.807) is 19.7 Å². The normalized spacial score (nSPS) is 13.7. The van der Waals surface area contributed by atoms with Crippen molar-refractivity contribution in [2.75, 3.05) is 36.0 Å². The largest absolute Gasteiger partial charge is 0.368 e. The molecule has 1 unspecified atom stereocenters. The highest BCUT2D eigenvalue weighted by Gasteiger charge is 2.25. The Labute approximate surface area is 235 Å². The average Bonchev–Trinajstić information content (AvgIpc) is 3.27. The molecule has 1 atom stereocenters. The van der Waals surface area contributed by atoms with Gasteiger partial charge in [0, 0.05) is 66.6 Å². The van der Waals surface area contributed by atoms with Crippen LogP contribution in [0, 0.1) is 6.92 Å². The molecule has 5 rings (SSSR count). The Morgan fingerprint density at radius 2 is 1.54 bits per heavy atom. The van der Waals surface area contributed by atoms with E-state index in [2.05, 4.69) is 56.5 Å². The minimum absolute atomic E-state index is 0.0202. The van der Waals surface area contributed by atoms with Crippen molar-refractivity contribution in [2.24, 2.45) is 0 Å². The van der Waals surface area contributed by atoms with Gasteiger partial charge in [-0.05, 0) is 67.4 Å². The number of hydrogen-bond acceptors (Lipinski definition) is 4. The van der Waals surface area contributed by atoms with Crippen LogP contribution >= 0.6 is 20.8 Å². The summed E-state index contributed by atoms with van der Waals surface area (Å²) in [6.45, 7) is 8.45. The zero-order chi connectivity index (χ0) is 28.0. The predicted molar refractivity (Wildman–Crippen MR) is 158 cm³/mol. The number of piperazine rings is 1. The van der Waals surface area contributed by atoms with E-state index in [1.807, 2.05) is 26.0 Å². The molecule has 1 fully saturated rings. The lowest BCUT2D eigenvalue weighted by Crippen LogP contribution is -2.46. The van der Waals surface area contributed by atoms with Crippen LogP contribution in [0.4, 0.5) is 20.2 Å². The number of nitrogens with one attached hydrogen (secondary N) is 1. The van der Waals surface area contributed by atoms with Crippen LogP contribution in [0.15, 0.2) is 66.9 Å². The third-order valence-electron chi connectivity index (χ3n) is 6.84. The molecule has 0 spiro atoms. The Bertz CT molecular complexity index is 1380. The number of rotatable bonds is 7. The molecule has 1 amide bonds. The molecule has 2 aromatic heterocycles. The molecule has 0 radical (unpaired) electrons. The molecule has 2 aromatic carbocycles. The van der Waals surface area contributed by atoms with E-state index in [0.717, 1.165) is 61.0 Å². The Morgan fingerprint density at radius 3 is 2.05 bits per heavy atom. The zero-order valence-electron chi connectivity index (χ0n) is 22.1. The number of hydrogen-bond donors (Lipinski definition) is 1. The van der Waals surface area contributed by atoms with Crippen LogP contribution in [0.5, 0.6) is 0 Å². The molecule has 6 nitrogen and oxygen atoms in total. The summed E-state index contributed by atoms with van der Waals surface area (Å²) in [6, 6.07) is 19.5. The van der Waals surface area contributed by atoms with Crippen LogP contribution in [0.2, 0.25) is 5.02 Å². The number of aromatic nitrogens is 2. The number of pyridine rings is 1. The topological polar surface area (TPSA) is 52.9 Å². The number of benzene rings is 2. The molecule has 4 aromatic rings. The molecule has 3 heterocycles. The number of fused-ring (bicyclic) bond motifs is 1. The molecule has 0 aliphatic carbocycles. The van der Waals surface area contributed by atoms with Crippen molar-refractivity contribution in [3.63, 3.8) is 0 Å². The summed E-state index contributed by atoms with van der Waals surface area (Å²) in [5.41, 5.74) is 3.25. The Morgan fingerprint density at radius 1 is 0.974 bits per heavy atom. The first-order valence-corrected chi connectivity index (χ1v) is 13.8. The fourth-order valence-electron chi connectivity index (χ4n) is 4.60. The Hall–Kier alpha value is -3.22.